The summed E-state index contributed by atoms with van der Waals surface area (Å²) in [5.74, 6) is 0.182. The largest absolute Gasteiger partial charge is 0.497 e. The van der Waals surface area contributed by atoms with Gasteiger partial charge in [0.25, 0.3) is 5.56 Å². The van der Waals surface area contributed by atoms with Crippen LogP contribution >= 0.6 is 22.7 Å². The number of carbonyl (C=O) groups excluding carboxylic acids is 1. The predicted molar refractivity (Wildman–Crippen MR) is 172 cm³/mol. The molecule has 0 saturated heterocycles. The molecule has 0 amide bonds. The minimum atomic E-state index is -0.700. The first kappa shape index (κ1) is 29.9. The summed E-state index contributed by atoms with van der Waals surface area (Å²) in [6.45, 7) is 9.44. The molecule has 0 N–H and O–H groups in total. The van der Waals surface area contributed by atoms with Crippen LogP contribution in [0.25, 0.3) is 11.1 Å². The summed E-state index contributed by atoms with van der Waals surface area (Å²) in [5, 5.41) is 11.1. The maximum atomic E-state index is 14.2. The number of aromatic nitrogens is 2. The predicted octanol–water partition coefficient (Wildman–Crippen LogP) is 5.41. The molecule has 1 aliphatic heterocycles. The van der Waals surface area contributed by atoms with Crippen molar-refractivity contribution in [2.24, 2.45) is 4.99 Å². The maximum Gasteiger partial charge on any atom is 0.338 e. The first-order valence-corrected chi connectivity index (χ1v) is 16.4. The molecule has 0 fully saturated rings. The van der Waals surface area contributed by atoms with Crippen molar-refractivity contribution in [3.05, 3.63) is 99.8 Å². The van der Waals surface area contributed by atoms with Crippen LogP contribution in [0.15, 0.2) is 51.4 Å². The molecule has 3 aromatic heterocycles. The summed E-state index contributed by atoms with van der Waals surface area (Å²) in [6, 6.07) is 11.2. The minimum absolute atomic E-state index is 0.231. The lowest BCUT2D eigenvalue weighted by molar-refractivity contribution is -0.143. The van der Waals surface area contributed by atoms with Gasteiger partial charge < -0.3 is 14.0 Å². The van der Waals surface area contributed by atoms with E-state index in [9.17, 15) is 14.9 Å². The summed E-state index contributed by atoms with van der Waals surface area (Å²) < 4.78 is 15.2. The van der Waals surface area contributed by atoms with Crippen LogP contribution in [0.5, 0.6) is 5.75 Å². The van der Waals surface area contributed by atoms with E-state index in [4.69, 9.17) is 14.5 Å². The second-order valence-electron chi connectivity index (χ2n) is 11.5. The number of thiophene rings is 1. The number of hydrogen-bond donors (Lipinski definition) is 0. The average Bonchev–Trinajstić information content (AvgIpc) is 3.61. The third-order valence-electron chi connectivity index (χ3n) is 8.24. The lowest BCUT2D eigenvalue weighted by Gasteiger charge is -2.25. The monoisotopic (exact) mass is 626 g/mol. The molecule has 0 spiro atoms. The van der Waals surface area contributed by atoms with Crippen molar-refractivity contribution in [2.45, 2.75) is 72.4 Å². The lowest BCUT2D eigenvalue weighted by Crippen LogP contribution is -2.40. The molecule has 10 heteroatoms. The number of methoxy groups -OCH3 is 1. The molecule has 4 heterocycles. The van der Waals surface area contributed by atoms with Crippen molar-refractivity contribution in [1.82, 2.24) is 9.13 Å². The van der Waals surface area contributed by atoms with Gasteiger partial charge in [-0.05, 0) is 101 Å². The zero-order valence-corrected chi connectivity index (χ0v) is 27.3. The Morgan fingerprint density at radius 3 is 2.55 bits per heavy atom. The van der Waals surface area contributed by atoms with Gasteiger partial charge in [-0.2, -0.15) is 5.26 Å². The van der Waals surface area contributed by atoms with Crippen molar-refractivity contribution >= 4 is 34.7 Å². The van der Waals surface area contributed by atoms with Crippen LogP contribution in [0.1, 0.15) is 78.2 Å². The highest BCUT2D eigenvalue weighted by Crippen LogP contribution is 2.38. The van der Waals surface area contributed by atoms with Crippen LogP contribution in [-0.2, 0) is 22.4 Å². The van der Waals surface area contributed by atoms with E-state index in [-0.39, 0.29) is 11.7 Å². The van der Waals surface area contributed by atoms with Gasteiger partial charge in [0.2, 0.25) is 0 Å². The molecule has 8 nitrogen and oxygen atoms in total. The molecule has 4 aromatic rings. The van der Waals surface area contributed by atoms with Crippen LogP contribution in [0.3, 0.4) is 0 Å². The molecule has 44 heavy (non-hydrogen) atoms. The first-order valence-electron chi connectivity index (χ1n) is 14.7. The number of ether oxygens (including phenoxy) is 2. The summed E-state index contributed by atoms with van der Waals surface area (Å²) in [5.41, 5.74) is 6.22. The summed E-state index contributed by atoms with van der Waals surface area (Å²) in [7, 11) is 1.60. The number of nitriles is 1. The Labute approximate surface area is 263 Å². The summed E-state index contributed by atoms with van der Waals surface area (Å²) in [4.78, 5) is 34.1. The molecular formula is C34H34N4O4S2. The van der Waals surface area contributed by atoms with Gasteiger partial charge in [-0.15, -0.1) is 11.3 Å². The normalized spacial score (nSPS) is 16.4. The molecule has 2 aliphatic rings. The van der Waals surface area contributed by atoms with E-state index in [1.54, 1.807) is 43.8 Å². The van der Waals surface area contributed by atoms with E-state index in [1.165, 1.54) is 21.8 Å². The Bertz CT molecular complexity index is 2050. The van der Waals surface area contributed by atoms with E-state index in [0.29, 0.717) is 26.4 Å². The Kier molecular flexibility index (Phi) is 7.95. The molecule has 1 aliphatic carbocycles. The zero-order valence-electron chi connectivity index (χ0n) is 25.7. The molecule has 1 aromatic carbocycles. The van der Waals surface area contributed by atoms with Crippen LogP contribution in [0, 0.1) is 25.2 Å². The standard InChI is InChI=1S/C34H34N4O4S2/c1-18(2)42-33(40)29-20(4)36-34-38(30(29)22-11-13-24(41-6)14-12-22)31(39)28(44-34)16-23-15-19(3)37(21(23)5)32-26(17-35)25-9-7-8-10-27(25)43-32/h11-16,18,30H,7-10H2,1-6H3/b28-16+/t30-/m1/s1. The van der Waals surface area contributed by atoms with Gasteiger partial charge in [0.1, 0.15) is 16.8 Å². The van der Waals surface area contributed by atoms with Gasteiger partial charge in [-0.1, -0.05) is 23.5 Å². The third kappa shape index (κ3) is 5.04. The van der Waals surface area contributed by atoms with Gasteiger partial charge >= 0.3 is 5.97 Å². The maximum absolute atomic E-state index is 14.2. The Morgan fingerprint density at radius 1 is 1.14 bits per heavy atom. The van der Waals surface area contributed by atoms with Crippen molar-refractivity contribution in [3.63, 3.8) is 0 Å². The first-order chi connectivity index (χ1) is 21.1. The zero-order chi connectivity index (χ0) is 31.3. The number of esters is 1. The Morgan fingerprint density at radius 2 is 1.86 bits per heavy atom. The molecule has 0 saturated carbocycles. The second kappa shape index (κ2) is 11.7. The van der Waals surface area contributed by atoms with Crippen molar-refractivity contribution in [3.8, 4) is 16.8 Å². The average molecular weight is 627 g/mol. The van der Waals surface area contributed by atoms with Crippen molar-refractivity contribution < 1.29 is 14.3 Å². The topological polar surface area (TPSA) is 98.6 Å². The number of thiazole rings is 1. The third-order valence-corrected chi connectivity index (χ3v) is 10.5. The van der Waals surface area contributed by atoms with E-state index < -0.39 is 12.0 Å². The quantitative estimate of drug-likeness (QED) is 0.267. The fourth-order valence-corrected chi connectivity index (χ4v) is 8.66. The summed E-state index contributed by atoms with van der Waals surface area (Å²) >= 11 is 3.01. The second-order valence-corrected chi connectivity index (χ2v) is 13.6. The van der Waals surface area contributed by atoms with Crippen molar-refractivity contribution in [2.75, 3.05) is 7.11 Å². The fraction of sp³-hybridized carbons (Fsp3) is 0.353. The molecule has 0 bridgehead atoms. The number of carbonyl (C=O) groups is 1. The van der Waals surface area contributed by atoms with Crippen LogP contribution in [-0.4, -0.2) is 28.3 Å². The van der Waals surface area contributed by atoms with Gasteiger partial charge in [-0.25, -0.2) is 9.79 Å². The lowest BCUT2D eigenvalue weighted by atomic mass is 9.96. The molecule has 0 unspecified atom stereocenters. The van der Waals surface area contributed by atoms with E-state index in [2.05, 4.69) is 16.7 Å². The number of benzene rings is 1. The smallest absolute Gasteiger partial charge is 0.338 e. The number of allylic oxidation sites excluding steroid dienone is 1. The number of hydrogen-bond acceptors (Lipinski definition) is 8. The molecule has 1 atom stereocenters. The van der Waals surface area contributed by atoms with Crippen molar-refractivity contribution in [1.29, 1.82) is 5.26 Å². The number of aryl methyl sites for hydroxylation is 2. The number of fused-ring (bicyclic) bond motifs is 2. The van der Waals surface area contributed by atoms with Crippen LogP contribution < -0.4 is 19.6 Å². The van der Waals surface area contributed by atoms with Gasteiger partial charge in [-0.3, -0.25) is 9.36 Å². The number of nitrogens with zero attached hydrogens (tertiary/aromatic N) is 4. The molecule has 226 valence electrons. The molecule has 0 radical (unpaired) electrons. The number of rotatable bonds is 6. The van der Waals surface area contributed by atoms with Crippen LogP contribution in [0.4, 0.5) is 0 Å². The molecule has 6 rings (SSSR count). The SMILES string of the molecule is COc1ccc([C@@H]2C(C(=O)OC(C)C)=C(C)N=c3s/c(=C/c4cc(C)n(-c5sc6c(c5C#N)CCCC6)c4C)c(=O)n32)cc1. The van der Waals surface area contributed by atoms with E-state index in [0.717, 1.165) is 58.8 Å². The van der Waals surface area contributed by atoms with Gasteiger partial charge in [0.05, 0.1) is 40.6 Å². The van der Waals surface area contributed by atoms with E-state index >= 15 is 0 Å². The van der Waals surface area contributed by atoms with Crippen LogP contribution in [0.2, 0.25) is 0 Å². The van der Waals surface area contributed by atoms with Gasteiger partial charge in [0.15, 0.2) is 4.80 Å². The van der Waals surface area contributed by atoms with E-state index in [1.807, 2.05) is 44.2 Å². The Balaban J connectivity index is 1.50. The summed E-state index contributed by atoms with van der Waals surface area (Å²) in [6.07, 6.45) is 5.81. The van der Waals surface area contributed by atoms with Gasteiger partial charge in [0, 0.05) is 16.3 Å². The highest BCUT2D eigenvalue weighted by Gasteiger charge is 2.34. The molecular weight excluding hydrogens is 593 g/mol. The minimum Gasteiger partial charge on any atom is -0.497 e. The highest BCUT2D eigenvalue weighted by atomic mass is 32.1. The Hall–Kier alpha value is -4.20. The fourth-order valence-electron chi connectivity index (χ4n) is 6.17. The highest BCUT2D eigenvalue weighted by molar-refractivity contribution is 7.15.